The van der Waals surface area contributed by atoms with Gasteiger partial charge in [0.15, 0.2) is 6.61 Å². The first-order valence-electron chi connectivity index (χ1n) is 10.6. The zero-order chi connectivity index (χ0) is 25.1. The number of amides is 1. The van der Waals surface area contributed by atoms with Gasteiger partial charge in [0.25, 0.3) is 11.8 Å². The van der Waals surface area contributed by atoms with E-state index in [1.54, 1.807) is 66.9 Å². The predicted octanol–water partition coefficient (Wildman–Crippen LogP) is 4.32. The van der Waals surface area contributed by atoms with Crippen molar-refractivity contribution in [2.24, 2.45) is 0 Å². The van der Waals surface area contributed by atoms with E-state index >= 15 is 0 Å². The molecule has 0 aliphatic carbocycles. The average Bonchev–Trinajstić information content (AvgIpc) is 3.37. The molecule has 4 rings (SSSR count). The van der Waals surface area contributed by atoms with Gasteiger partial charge < -0.3 is 14.0 Å². The summed E-state index contributed by atoms with van der Waals surface area (Å²) >= 11 is 5.96. The van der Waals surface area contributed by atoms with Crippen molar-refractivity contribution >= 4 is 46.2 Å². The maximum atomic E-state index is 13.3. The standard InChI is InChI=1S/C25H22ClN3O6/c1-14-10-23(35-28-14)27-22(30)13-34-24(31)12-19-15(2)29(21-9-8-18(33-3)11-20(19)21)25(32)16-4-6-17(26)7-5-16/h4-11H,12-13H2,1-3H3,(H,27,30). The van der Waals surface area contributed by atoms with Crippen molar-refractivity contribution in [1.82, 2.24) is 9.72 Å². The highest BCUT2D eigenvalue weighted by Gasteiger charge is 2.23. The van der Waals surface area contributed by atoms with Crippen molar-refractivity contribution in [2.45, 2.75) is 20.3 Å². The first-order valence-corrected chi connectivity index (χ1v) is 11.0. The van der Waals surface area contributed by atoms with E-state index in [0.29, 0.717) is 44.2 Å². The predicted molar refractivity (Wildman–Crippen MR) is 129 cm³/mol. The Bertz CT molecular complexity index is 1420. The number of aryl methyl sites for hydroxylation is 1. The van der Waals surface area contributed by atoms with Crippen LogP contribution in [0.3, 0.4) is 0 Å². The Morgan fingerprint density at radius 1 is 1.09 bits per heavy atom. The third-order valence-corrected chi connectivity index (χ3v) is 5.66. The van der Waals surface area contributed by atoms with Gasteiger partial charge in [-0.25, -0.2) is 0 Å². The number of aromatic nitrogens is 2. The van der Waals surface area contributed by atoms with Gasteiger partial charge in [0.05, 0.1) is 24.7 Å². The van der Waals surface area contributed by atoms with Crippen LogP contribution in [0.25, 0.3) is 10.9 Å². The molecule has 0 bridgehead atoms. The third-order valence-electron chi connectivity index (χ3n) is 5.41. The molecule has 0 saturated carbocycles. The summed E-state index contributed by atoms with van der Waals surface area (Å²) in [6.45, 7) is 2.97. The van der Waals surface area contributed by atoms with E-state index in [1.165, 1.54) is 7.11 Å². The normalized spacial score (nSPS) is 10.9. The Labute approximate surface area is 205 Å². The Hall–Kier alpha value is -4.11. The van der Waals surface area contributed by atoms with Gasteiger partial charge in [0.2, 0.25) is 5.88 Å². The van der Waals surface area contributed by atoms with Crippen molar-refractivity contribution in [3.63, 3.8) is 0 Å². The van der Waals surface area contributed by atoms with Crippen LogP contribution in [0.5, 0.6) is 5.75 Å². The second kappa shape index (κ2) is 10.0. The van der Waals surface area contributed by atoms with Crippen molar-refractivity contribution < 1.29 is 28.4 Å². The van der Waals surface area contributed by atoms with E-state index in [-0.39, 0.29) is 18.2 Å². The maximum absolute atomic E-state index is 13.3. The average molecular weight is 496 g/mol. The molecule has 35 heavy (non-hydrogen) atoms. The van der Waals surface area contributed by atoms with Crippen LogP contribution in [-0.4, -0.2) is 41.2 Å². The molecule has 9 nitrogen and oxygen atoms in total. The molecule has 0 saturated heterocycles. The number of hydrogen-bond donors (Lipinski definition) is 1. The molecule has 0 atom stereocenters. The number of esters is 1. The van der Waals surface area contributed by atoms with Gasteiger partial charge >= 0.3 is 5.97 Å². The number of benzene rings is 2. The minimum atomic E-state index is -0.627. The Balaban J connectivity index is 1.58. The summed E-state index contributed by atoms with van der Waals surface area (Å²) < 4.78 is 17.0. The Morgan fingerprint density at radius 2 is 1.83 bits per heavy atom. The number of fused-ring (bicyclic) bond motifs is 1. The number of anilines is 1. The number of nitrogens with zero attached hydrogens (tertiary/aromatic N) is 2. The quantitative estimate of drug-likeness (QED) is 0.380. The molecular formula is C25H22ClN3O6. The fourth-order valence-corrected chi connectivity index (χ4v) is 3.86. The number of carbonyl (C=O) groups is 3. The second-order valence-electron chi connectivity index (χ2n) is 7.81. The molecular weight excluding hydrogens is 474 g/mol. The van der Waals surface area contributed by atoms with E-state index in [9.17, 15) is 14.4 Å². The van der Waals surface area contributed by atoms with E-state index < -0.39 is 18.5 Å². The topological polar surface area (TPSA) is 113 Å². The van der Waals surface area contributed by atoms with Crippen LogP contribution in [0.15, 0.2) is 53.1 Å². The SMILES string of the molecule is COc1ccc2c(c1)c(CC(=O)OCC(=O)Nc1cc(C)no1)c(C)n2C(=O)c1ccc(Cl)cc1. The number of ether oxygens (including phenoxy) is 2. The van der Waals surface area contributed by atoms with E-state index in [4.69, 9.17) is 25.6 Å². The molecule has 4 aromatic rings. The molecule has 0 unspecified atom stereocenters. The largest absolute Gasteiger partial charge is 0.497 e. The van der Waals surface area contributed by atoms with Crippen LogP contribution in [0.4, 0.5) is 5.88 Å². The second-order valence-corrected chi connectivity index (χ2v) is 8.25. The molecule has 180 valence electrons. The Kier molecular flexibility index (Phi) is 6.88. The molecule has 1 N–H and O–H groups in total. The number of carbonyl (C=O) groups excluding carboxylic acids is 3. The highest BCUT2D eigenvalue weighted by Crippen LogP contribution is 2.31. The summed E-state index contributed by atoms with van der Waals surface area (Å²) in [5, 5.41) is 7.32. The smallest absolute Gasteiger partial charge is 0.310 e. The molecule has 0 aliphatic rings. The number of methoxy groups -OCH3 is 1. The molecule has 0 spiro atoms. The van der Waals surface area contributed by atoms with Gasteiger partial charge in [-0.3, -0.25) is 24.3 Å². The minimum Gasteiger partial charge on any atom is -0.497 e. The molecule has 2 aromatic heterocycles. The van der Waals surface area contributed by atoms with E-state index in [0.717, 1.165) is 0 Å². The highest BCUT2D eigenvalue weighted by atomic mass is 35.5. The van der Waals surface area contributed by atoms with Crippen LogP contribution >= 0.6 is 11.6 Å². The Morgan fingerprint density at radius 3 is 2.49 bits per heavy atom. The lowest BCUT2D eigenvalue weighted by atomic mass is 10.1. The minimum absolute atomic E-state index is 0.148. The molecule has 0 aliphatic heterocycles. The molecule has 1 amide bonds. The zero-order valence-electron chi connectivity index (χ0n) is 19.3. The first-order chi connectivity index (χ1) is 16.8. The molecule has 0 radical (unpaired) electrons. The lowest BCUT2D eigenvalue weighted by Crippen LogP contribution is -2.21. The fourth-order valence-electron chi connectivity index (χ4n) is 3.73. The third kappa shape index (κ3) is 5.20. The van der Waals surface area contributed by atoms with Gasteiger partial charge in [-0.05, 0) is 61.9 Å². The summed E-state index contributed by atoms with van der Waals surface area (Å²) in [5.41, 5.74) is 2.83. The molecule has 2 aromatic carbocycles. The summed E-state index contributed by atoms with van der Waals surface area (Å²) in [6, 6.07) is 13.4. The van der Waals surface area contributed by atoms with Gasteiger partial charge in [0, 0.05) is 27.7 Å². The summed E-state index contributed by atoms with van der Waals surface area (Å²) in [7, 11) is 1.53. The van der Waals surface area contributed by atoms with Crippen LogP contribution in [0.1, 0.15) is 27.3 Å². The van der Waals surface area contributed by atoms with Gasteiger partial charge in [-0.2, -0.15) is 0 Å². The van der Waals surface area contributed by atoms with Gasteiger partial charge in [-0.15, -0.1) is 0 Å². The van der Waals surface area contributed by atoms with Crippen LogP contribution in [-0.2, 0) is 20.7 Å². The fraction of sp³-hybridized carbons (Fsp3) is 0.200. The number of nitrogens with one attached hydrogen (secondary N) is 1. The number of rotatable bonds is 7. The van der Waals surface area contributed by atoms with Gasteiger partial charge in [0.1, 0.15) is 5.75 Å². The number of hydrogen-bond acceptors (Lipinski definition) is 7. The van der Waals surface area contributed by atoms with Crippen molar-refractivity contribution in [2.75, 3.05) is 19.0 Å². The summed E-state index contributed by atoms with van der Waals surface area (Å²) in [5.74, 6) is -0.720. The monoisotopic (exact) mass is 495 g/mol. The van der Waals surface area contributed by atoms with E-state index in [1.807, 2.05) is 0 Å². The summed E-state index contributed by atoms with van der Waals surface area (Å²) in [6.07, 6.45) is -0.148. The first kappa shape index (κ1) is 24.0. The maximum Gasteiger partial charge on any atom is 0.310 e. The molecule has 2 heterocycles. The van der Waals surface area contributed by atoms with Gasteiger partial charge in [-0.1, -0.05) is 16.8 Å². The van der Waals surface area contributed by atoms with Crippen LogP contribution in [0, 0.1) is 13.8 Å². The number of halogens is 1. The van der Waals surface area contributed by atoms with E-state index in [2.05, 4.69) is 10.5 Å². The zero-order valence-corrected chi connectivity index (χ0v) is 20.0. The molecule has 10 heteroatoms. The molecule has 0 fully saturated rings. The van der Waals surface area contributed by atoms with Crippen molar-refractivity contribution in [3.8, 4) is 5.75 Å². The van der Waals surface area contributed by atoms with Crippen molar-refractivity contribution in [1.29, 1.82) is 0 Å². The highest BCUT2D eigenvalue weighted by molar-refractivity contribution is 6.30. The van der Waals surface area contributed by atoms with Crippen LogP contribution in [0.2, 0.25) is 5.02 Å². The lowest BCUT2D eigenvalue weighted by molar-refractivity contribution is -0.146. The lowest BCUT2D eigenvalue weighted by Gasteiger charge is -2.08. The summed E-state index contributed by atoms with van der Waals surface area (Å²) in [4.78, 5) is 38.0. The van der Waals surface area contributed by atoms with Crippen molar-refractivity contribution in [3.05, 3.63) is 76.1 Å². The van der Waals surface area contributed by atoms with Crippen LogP contribution < -0.4 is 10.1 Å².